The zero-order valence-corrected chi connectivity index (χ0v) is 20.5. The summed E-state index contributed by atoms with van der Waals surface area (Å²) >= 11 is 0. The molecule has 3 atom stereocenters. The lowest BCUT2D eigenvalue weighted by molar-refractivity contribution is -0.117. The van der Waals surface area contributed by atoms with Crippen LogP contribution in [-0.4, -0.2) is 73.3 Å². The summed E-state index contributed by atoms with van der Waals surface area (Å²) in [6.07, 6.45) is 1.45. The SMILES string of the molecule is C=C1CC(c2ccc3c(c2)N(C(=O)OC(C)C)CC(C)N3C(C)=O)CN1CC1CCNN1C. The molecule has 0 spiro atoms. The number of allylic oxidation sites excluding steroid dienone is 1. The van der Waals surface area contributed by atoms with Crippen LogP contribution in [0.5, 0.6) is 0 Å². The Morgan fingerprint density at radius 1 is 1.24 bits per heavy atom. The molecule has 1 aromatic carbocycles. The van der Waals surface area contributed by atoms with Gasteiger partial charge < -0.3 is 14.5 Å². The third-order valence-electron chi connectivity index (χ3n) is 6.99. The fourth-order valence-electron chi connectivity index (χ4n) is 5.31. The average Bonchev–Trinajstić information content (AvgIpc) is 3.31. The van der Waals surface area contributed by atoms with E-state index in [4.69, 9.17) is 4.74 Å². The Hall–Kier alpha value is -2.58. The lowest BCUT2D eigenvalue weighted by Crippen LogP contribution is -2.51. The number of carbonyl (C=O) groups is 2. The van der Waals surface area contributed by atoms with E-state index in [-0.39, 0.29) is 24.1 Å². The standard InChI is InChI=1S/C25H37N5O3/c1-16(2)33-25(32)29-13-18(4)30(19(5)31)23-8-7-20(12-24(23)29)21-11-17(3)28(14-21)15-22-9-10-26-27(22)6/h7-8,12,16,18,21-22,26H,3,9-11,13-15H2,1-2,4-6H3. The lowest BCUT2D eigenvalue weighted by atomic mass is 9.95. The van der Waals surface area contributed by atoms with Gasteiger partial charge in [-0.3, -0.25) is 15.1 Å². The van der Waals surface area contributed by atoms with Crippen molar-refractivity contribution in [1.82, 2.24) is 15.3 Å². The Balaban J connectivity index is 1.60. The molecule has 180 valence electrons. The monoisotopic (exact) mass is 455 g/mol. The first kappa shape index (κ1) is 23.6. The number of likely N-dealkylation sites (tertiary alicyclic amines) is 1. The van der Waals surface area contributed by atoms with Crippen molar-refractivity contribution in [3.05, 3.63) is 36.0 Å². The minimum Gasteiger partial charge on any atom is -0.446 e. The number of ether oxygens (including phenoxy) is 1. The molecule has 3 aliphatic rings. The molecule has 3 heterocycles. The maximum absolute atomic E-state index is 12.9. The van der Waals surface area contributed by atoms with Crippen molar-refractivity contribution in [2.75, 3.05) is 43.0 Å². The van der Waals surface area contributed by atoms with Gasteiger partial charge in [-0.2, -0.15) is 0 Å². The molecule has 0 aromatic heterocycles. The predicted molar refractivity (Wildman–Crippen MR) is 130 cm³/mol. The van der Waals surface area contributed by atoms with Crippen LogP contribution in [0, 0.1) is 0 Å². The highest BCUT2D eigenvalue weighted by Crippen LogP contribution is 2.41. The molecule has 8 nitrogen and oxygen atoms in total. The summed E-state index contributed by atoms with van der Waals surface area (Å²) < 4.78 is 5.53. The summed E-state index contributed by atoms with van der Waals surface area (Å²) in [6, 6.07) is 6.51. The number of hydrazine groups is 1. The van der Waals surface area contributed by atoms with Crippen molar-refractivity contribution >= 4 is 23.4 Å². The molecule has 3 unspecified atom stereocenters. The number of amides is 2. The summed E-state index contributed by atoms with van der Waals surface area (Å²) in [7, 11) is 2.10. The number of rotatable bonds is 4. The summed E-state index contributed by atoms with van der Waals surface area (Å²) in [5, 5.41) is 2.20. The van der Waals surface area contributed by atoms with E-state index < -0.39 is 0 Å². The Kier molecular flexibility index (Phi) is 6.68. The first-order chi connectivity index (χ1) is 15.7. The predicted octanol–water partition coefficient (Wildman–Crippen LogP) is 3.30. The third-order valence-corrected chi connectivity index (χ3v) is 6.99. The molecule has 0 aliphatic carbocycles. The molecule has 0 bridgehead atoms. The van der Waals surface area contributed by atoms with Gasteiger partial charge in [-0.05, 0) is 51.3 Å². The van der Waals surface area contributed by atoms with Gasteiger partial charge in [0.05, 0.1) is 23.5 Å². The normalized spacial score (nSPS) is 25.7. The fraction of sp³-hybridized carbons (Fsp3) is 0.600. The molecule has 2 saturated heterocycles. The highest BCUT2D eigenvalue weighted by Gasteiger charge is 2.36. The highest BCUT2D eigenvalue weighted by molar-refractivity contribution is 6.02. The van der Waals surface area contributed by atoms with Gasteiger partial charge in [-0.25, -0.2) is 9.80 Å². The molecule has 2 fully saturated rings. The van der Waals surface area contributed by atoms with Gasteiger partial charge in [0.1, 0.15) is 0 Å². The topological polar surface area (TPSA) is 68.4 Å². The molecule has 1 N–H and O–H groups in total. The van der Waals surface area contributed by atoms with Crippen LogP contribution in [0.15, 0.2) is 30.5 Å². The van der Waals surface area contributed by atoms with Crippen LogP contribution in [-0.2, 0) is 9.53 Å². The number of anilines is 2. The Labute approximate surface area is 197 Å². The Bertz CT molecular complexity index is 933. The van der Waals surface area contributed by atoms with Crippen LogP contribution in [0.3, 0.4) is 0 Å². The van der Waals surface area contributed by atoms with E-state index in [0.29, 0.717) is 18.5 Å². The Morgan fingerprint density at radius 3 is 2.64 bits per heavy atom. The van der Waals surface area contributed by atoms with E-state index in [9.17, 15) is 9.59 Å². The number of fused-ring (bicyclic) bond motifs is 1. The smallest absolute Gasteiger partial charge is 0.414 e. The van der Waals surface area contributed by atoms with Crippen LogP contribution < -0.4 is 15.2 Å². The second kappa shape index (κ2) is 9.35. The fourth-order valence-corrected chi connectivity index (χ4v) is 5.31. The van der Waals surface area contributed by atoms with Crippen LogP contribution >= 0.6 is 0 Å². The molecular weight excluding hydrogens is 418 g/mol. The van der Waals surface area contributed by atoms with Gasteiger partial charge in [0.25, 0.3) is 0 Å². The van der Waals surface area contributed by atoms with E-state index in [1.165, 1.54) is 0 Å². The van der Waals surface area contributed by atoms with E-state index in [1.807, 2.05) is 26.8 Å². The number of likely N-dealkylation sites (N-methyl/N-ethyl adjacent to an activating group) is 1. The number of benzene rings is 1. The van der Waals surface area contributed by atoms with Crippen molar-refractivity contribution in [3.8, 4) is 0 Å². The summed E-state index contributed by atoms with van der Waals surface area (Å²) in [5.74, 6) is 0.277. The first-order valence-electron chi connectivity index (χ1n) is 12.0. The molecule has 2 amide bonds. The number of carbonyl (C=O) groups excluding carboxylic acids is 2. The van der Waals surface area contributed by atoms with Crippen molar-refractivity contribution < 1.29 is 14.3 Å². The molecule has 1 aromatic rings. The molecule has 4 rings (SSSR count). The van der Waals surface area contributed by atoms with Gasteiger partial charge in [0, 0.05) is 57.8 Å². The summed E-state index contributed by atoms with van der Waals surface area (Å²) in [5.41, 5.74) is 7.21. The first-order valence-corrected chi connectivity index (χ1v) is 12.0. The van der Waals surface area contributed by atoms with Gasteiger partial charge >= 0.3 is 6.09 Å². The second-order valence-electron chi connectivity index (χ2n) is 9.86. The number of nitrogens with zero attached hydrogens (tertiary/aromatic N) is 4. The average molecular weight is 456 g/mol. The number of hydrogen-bond donors (Lipinski definition) is 1. The molecule has 8 heteroatoms. The van der Waals surface area contributed by atoms with Crippen LogP contribution in [0.1, 0.15) is 52.0 Å². The molecule has 3 aliphatic heterocycles. The van der Waals surface area contributed by atoms with Gasteiger partial charge in [-0.1, -0.05) is 12.6 Å². The summed E-state index contributed by atoms with van der Waals surface area (Å²) in [4.78, 5) is 31.2. The van der Waals surface area contributed by atoms with Crippen molar-refractivity contribution in [2.45, 2.75) is 64.6 Å². The Morgan fingerprint density at radius 2 is 2.00 bits per heavy atom. The molecule has 0 radical (unpaired) electrons. The lowest BCUT2D eigenvalue weighted by Gasteiger charge is -2.40. The quantitative estimate of drug-likeness (QED) is 0.751. The van der Waals surface area contributed by atoms with E-state index >= 15 is 0 Å². The van der Waals surface area contributed by atoms with Crippen LogP contribution in [0.25, 0.3) is 0 Å². The second-order valence-corrected chi connectivity index (χ2v) is 9.86. The largest absolute Gasteiger partial charge is 0.446 e. The van der Waals surface area contributed by atoms with E-state index in [2.05, 4.69) is 41.1 Å². The third kappa shape index (κ3) is 4.73. The van der Waals surface area contributed by atoms with Crippen molar-refractivity contribution in [2.24, 2.45) is 0 Å². The molecular formula is C25H37N5O3. The summed E-state index contributed by atoms with van der Waals surface area (Å²) in [6.45, 7) is 14.9. The zero-order valence-electron chi connectivity index (χ0n) is 20.5. The van der Waals surface area contributed by atoms with Gasteiger partial charge in [0.15, 0.2) is 0 Å². The highest BCUT2D eigenvalue weighted by atomic mass is 16.6. The maximum atomic E-state index is 12.9. The minimum atomic E-state index is -0.368. The van der Waals surface area contributed by atoms with Crippen molar-refractivity contribution in [3.63, 3.8) is 0 Å². The van der Waals surface area contributed by atoms with Crippen molar-refractivity contribution in [1.29, 1.82) is 0 Å². The van der Waals surface area contributed by atoms with Crippen LogP contribution in [0.4, 0.5) is 16.2 Å². The molecule has 0 saturated carbocycles. The van der Waals surface area contributed by atoms with Gasteiger partial charge in [-0.15, -0.1) is 0 Å². The maximum Gasteiger partial charge on any atom is 0.414 e. The van der Waals surface area contributed by atoms with Crippen LogP contribution in [0.2, 0.25) is 0 Å². The molecule has 33 heavy (non-hydrogen) atoms. The number of nitrogens with one attached hydrogen (secondary N) is 1. The zero-order chi connectivity index (χ0) is 23.9. The van der Waals surface area contributed by atoms with Gasteiger partial charge in [0.2, 0.25) is 5.91 Å². The van der Waals surface area contributed by atoms with E-state index in [1.54, 1.807) is 16.7 Å². The number of hydrogen-bond acceptors (Lipinski definition) is 6. The van der Waals surface area contributed by atoms with E-state index in [0.717, 1.165) is 55.1 Å². The minimum absolute atomic E-state index is 0.0249.